The lowest BCUT2D eigenvalue weighted by Crippen LogP contribution is -2.14. The molecule has 1 aromatic heterocycles. The van der Waals surface area contributed by atoms with E-state index in [9.17, 15) is 13.2 Å². The maximum atomic E-state index is 13.0. The molecule has 0 radical (unpaired) electrons. The van der Waals surface area contributed by atoms with E-state index in [0.717, 1.165) is 34.5 Å². The van der Waals surface area contributed by atoms with E-state index in [1.165, 1.54) is 17.4 Å². The Balaban J connectivity index is 0.00000289. The molecular weight excluding hydrogens is 497 g/mol. The highest BCUT2D eigenvalue weighted by Gasteiger charge is 2.30. The van der Waals surface area contributed by atoms with Gasteiger partial charge in [0.2, 0.25) is 0 Å². The van der Waals surface area contributed by atoms with E-state index in [4.69, 9.17) is 0 Å². The van der Waals surface area contributed by atoms with Crippen molar-refractivity contribution in [2.45, 2.75) is 12.7 Å². The van der Waals surface area contributed by atoms with Gasteiger partial charge < -0.3 is 4.57 Å². The van der Waals surface area contributed by atoms with Crippen LogP contribution in [0.2, 0.25) is 0 Å². The van der Waals surface area contributed by atoms with Crippen LogP contribution in [0.4, 0.5) is 18.9 Å². The molecule has 2 nitrogen and oxygen atoms in total. The van der Waals surface area contributed by atoms with Crippen LogP contribution < -0.4 is 4.80 Å². The van der Waals surface area contributed by atoms with Gasteiger partial charge in [-0.3, -0.25) is 0 Å². The fraction of sp³-hybridized carbons (Fsp3) is 0.0800. The van der Waals surface area contributed by atoms with E-state index in [0.29, 0.717) is 11.3 Å². The first-order valence-corrected chi connectivity index (χ1v) is 10.5. The lowest BCUT2D eigenvalue weighted by atomic mass is 10.0. The summed E-state index contributed by atoms with van der Waals surface area (Å²) in [5.74, 6) is 0. The molecule has 0 saturated heterocycles. The summed E-state index contributed by atoms with van der Waals surface area (Å²) in [4.78, 5) is 5.09. The third kappa shape index (κ3) is 5.29. The van der Waals surface area contributed by atoms with Crippen LogP contribution in [0.5, 0.6) is 0 Å². The van der Waals surface area contributed by atoms with Gasteiger partial charge in [0.05, 0.1) is 16.9 Å². The standard InChI is InChI=1S/C25H19F3N2S.BrH/c1-2-15-30-23(20-13-11-19(12-14-20)18-7-4-3-5-8-18)17-31-24(30)29-22-10-6-9-21(16-22)25(26,27)28;/h2-14,16-17H,1,15H2;1H. The summed E-state index contributed by atoms with van der Waals surface area (Å²) in [6.45, 7) is 4.31. The fourth-order valence-electron chi connectivity index (χ4n) is 3.28. The first kappa shape index (κ1) is 23.8. The molecule has 7 heteroatoms. The molecule has 164 valence electrons. The summed E-state index contributed by atoms with van der Waals surface area (Å²) in [5.41, 5.74) is 3.75. The largest absolute Gasteiger partial charge is 0.416 e. The van der Waals surface area contributed by atoms with Crippen LogP contribution in [0.25, 0.3) is 22.4 Å². The van der Waals surface area contributed by atoms with Crippen LogP contribution >= 0.6 is 28.3 Å². The van der Waals surface area contributed by atoms with Crippen LogP contribution in [0.15, 0.2) is 102 Å². The quantitative estimate of drug-likeness (QED) is 0.240. The van der Waals surface area contributed by atoms with Crippen molar-refractivity contribution in [1.29, 1.82) is 0 Å². The van der Waals surface area contributed by atoms with Crippen molar-refractivity contribution in [3.63, 3.8) is 0 Å². The van der Waals surface area contributed by atoms with Gasteiger partial charge in [0.1, 0.15) is 0 Å². The van der Waals surface area contributed by atoms with Gasteiger partial charge >= 0.3 is 6.18 Å². The minimum atomic E-state index is -4.40. The van der Waals surface area contributed by atoms with Crippen LogP contribution in [-0.4, -0.2) is 4.57 Å². The number of nitrogens with zero attached hydrogens (tertiary/aromatic N) is 2. The summed E-state index contributed by atoms with van der Waals surface area (Å²) in [5, 5.41) is 1.97. The van der Waals surface area contributed by atoms with E-state index >= 15 is 0 Å². The second-order valence-corrected chi connectivity index (χ2v) is 7.74. The molecule has 0 fully saturated rings. The molecule has 0 saturated carbocycles. The maximum absolute atomic E-state index is 13.0. The summed E-state index contributed by atoms with van der Waals surface area (Å²) < 4.78 is 41.0. The highest BCUT2D eigenvalue weighted by molar-refractivity contribution is 8.93. The zero-order chi connectivity index (χ0) is 21.8. The topological polar surface area (TPSA) is 17.3 Å². The van der Waals surface area contributed by atoms with Gasteiger partial charge in [0, 0.05) is 11.9 Å². The van der Waals surface area contributed by atoms with Crippen molar-refractivity contribution in [3.05, 3.63) is 107 Å². The molecule has 0 unspecified atom stereocenters. The molecule has 0 atom stereocenters. The molecule has 3 aromatic carbocycles. The van der Waals surface area contributed by atoms with Gasteiger partial charge in [-0.15, -0.1) is 34.9 Å². The number of hydrogen-bond acceptors (Lipinski definition) is 2. The monoisotopic (exact) mass is 516 g/mol. The molecule has 0 aliphatic carbocycles. The van der Waals surface area contributed by atoms with Gasteiger partial charge in [-0.2, -0.15) is 13.2 Å². The highest BCUT2D eigenvalue weighted by Crippen LogP contribution is 2.31. The smallest absolute Gasteiger partial charge is 0.313 e. The first-order chi connectivity index (χ1) is 15.0. The zero-order valence-corrected chi connectivity index (χ0v) is 19.4. The molecule has 4 rings (SSSR count). The number of benzene rings is 3. The lowest BCUT2D eigenvalue weighted by molar-refractivity contribution is -0.137. The Kier molecular flexibility index (Phi) is 7.53. The van der Waals surface area contributed by atoms with E-state index in [2.05, 4.69) is 35.8 Å². The second-order valence-electron chi connectivity index (χ2n) is 6.91. The van der Waals surface area contributed by atoms with Crippen molar-refractivity contribution < 1.29 is 13.2 Å². The molecule has 0 spiro atoms. The molecule has 4 aromatic rings. The van der Waals surface area contributed by atoms with Crippen molar-refractivity contribution >= 4 is 34.0 Å². The number of aromatic nitrogens is 1. The molecule has 0 aliphatic rings. The van der Waals surface area contributed by atoms with Gasteiger partial charge in [0.25, 0.3) is 0 Å². The van der Waals surface area contributed by atoms with Crippen LogP contribution in [0.3, 0.4) is 0 Å². The summed E-state index contributed by atoms with van der Waals surface area (Å²) >= 11 is 1.39. The van der Waals surface area contributed by atoms with Gasteiger partial charge in [0.15, 0.2) is 4.80 Å². The average molecular weight is 517 g/mol. The summed E-state index contributed by atoms with van der Waals surface area (Å²) in [6.07, 6.45) is -2.65. The highest BCUT2D eigenvalue weighted by atomic mass is 79.9. The second kappa shape index (κ2) is 10.1. The SMILES string of the molecule is Br.C=CCn1c(-c2ccc(-c3ccccc3)cc2)csc1=Nc1cccc(C(F)(F)F)c1. The van der Waals surface area contributed by atoms with E-state index in [1.807, 2.05) is 40.3 Å². The Morgan fingerprint density at radius 1 is 0.875 bits per heavy atom. The van der Waals surface area contributed by atoms with Gasteiger partial charge in [-0.25, -0.2) is 4.99 Å². The Bertz CT molecular complexity index is 1260. The summed E-state index contributed by atoms with van der Waals surface area (Å²) in [7, 11) is 0. The lowest BCUT2D eigenvalue weighted by Gasteiger charge is -2.09. The Morgan fingerprint density at radius 3 is 2.19 bits per heavy atom. The summed E-state index contributed by atoms with van der Waals surface area (Å²) in [6, 6.07) is 23.4. The molecule has 0 aliphatic heterocycles. The van der Waals surface area contributed by atoms with Crippen molar-refractivity contribution in [2.24, 2.45) is 4.99 Å². The number of thiazole rings is 1. The third-order valence-corrected chi connectivity index (χ3v) is 5.66. The van der Waals surface area contributed by atoms with E-state index in [1.54, 1.807) is 12.1 Å². The Hall–Kier alpha value is -2.90. The zero-order valence-electron chi connectivity index (χ0n) is 16.9. The maximum Gasteiger partial charge on any atom is 0.416 e. The fourth-order valence-corrected chi connectivity index (χ4v) is 4.22. The molecule has 32 heavy (non-hydrogen) atoms. The van der Waals surface area contributed by atoms with Crippen molar-refractivity contribution in [2.75, 3.05) is 0 Å². The molecule has 0 N–H and O–H groups in total. The molecular formula is C25H20BrF3N2S. The molecule has 0 bridgehead atoms. The Labute approximate surface area is 198 Å². The number of alkyl halides is 3. The first-order valence-electron chi connectivity index (χ1n) is 9.63. The van der Waals surface area contributed by atoms with Crippen molar-refractivity contribution in [3.8, 4) is 22.4 Å². The number of rotatable bonds is 5. The molecule has 1 heterocycles. The van der Waals surface area contributed by atoms with Crippen LogP contribution in [0, 0.1) is 0 Å². The van der Waals surface area contributed by atoms with Gasteiger partial charge in [-0.1, -0.05) is 66.7 Å². The number of allylic oxidation sites excluding steroid dienone is 1. The third-order valence-electron chi connectivity index (χ3n) is 4.80. The predicted octanol–water partition coefficient (Wildman–Crippen LogP) is 7.90. The predicted molar refractivity (Wildman–Crippen MR) is 130 cm³/mol. The molecule has 0 amide bonds. The minimum Gasteiger partial charge on any atom is -0.313 e. The normalized spacial score (nSPS) is 11.8. The van der Waals surface area contributed by atoms with Gasteiger partial charge in [-0.05, 0) is 34.9 Å². The minimum absolute atomic E-state index is 0. The Morgan fingerprint density at radius 2 is 1.53 bits per heavy atom. The number of hydrogen-bond donors (Lipinski definition) is 0. The average Bonchev–Trinajstić information content (AvgIpc) is 3.16. The van der Waals surface area contributed by atoms with Crippen molar-refractivity contribution in [1.82, 2.24) is 4.57 Å². The van der Waals surface area contributed by atoms with Crippen LogP contribution in [-0.2, 0) is 12.7 Å². The van der Waals surface area contributed by atoms with Crippen LogP contribution in [0.1, 0.15) is 5.56 Å². The van der Waals surface area contributed by atoms with E-state index in [-0.39, 0.29) is 22.7 Å². The van der Waals surface area contributed by atoms with E-state index < -0.39 is 11.7 Å². The number of halogens is 4.